The Morgan fingerprint density at radius 1 is 1.13 bits per heavy atom. The van der Waals surface area contributed by atoms with Crippen LogP contribution in [0, 0.1) is 16.7 Å². The molecule has 0 aliphatic heterocycles. The van der Waals surface area contributed by atoms with Crippen LogP contribution in [0.1, 0.15) is 58.8 Å². The van der Waals surface area contributed by atoms with Crippen LogP contribution in [0.3, 0.4) is 0 Å². The maximum Gasteiger partial charge on any atom is 0.309 e. The van der Waals surface area contributed by atoms with Crippen molar-refractivity contribution in [3.63, 3.8) is 0 Å². The highest BCUT2D eigenvalue weighted by Crippen LogP contribution is 2.59. The molecule has 0 saturated heterocycles. The van der Waals surface area contributed by atoms with Crippen LogP contribution < -0.4 is 0 Å². The molecule has 0 atom stereocenters. The van der Waals surface area contributed by atoms with Gasteiger partial charge in [-0.15, -0.1) is 0 Å². The Morgan fingerprint density at radius 3 is 1.93 bits per heavy atom. The molecule has 0 amide bonds. The van der Waals surface area contributed by atoms with Gasteiger partial charge in [-0.1, -0.05) is 13.8 Å². The van der Waals surface area contributed by atoms with E-state index in [1.165, 1.54) is 6.42 Å². The van der Waals surface area contributed by atoms with Crippen LogP contribution >= 0.6 is 0 Å². The molecular formula is C13H22O2. The van der Waals surface area contributed by atoms with E-state index in [4.69, 9.17) is 0 Å². The fourth-order valence-corrected chi connectivity index (χ4v) is 3.76. The summed E-state index contributed by atoms with van der Waals surface area (Å²) in [5.74, 6) is 0.209. The minimum Gasteiger partial charge on any atom is -0.481 e. The predicted octanol–water partition coefficient (Wildman–Crippen LogP) is 3.46. The fraction of sp³-hybridized carbons (Fsp3) is 0.923. The zero-order valence-electron chi connectivity index (χ0n) is 9.88. The second-order valence-electron chi connectivity index (χ2n) is 6.18. The molecule has 0 spiro atoms. The number of fused-ring (bicyclic) bond motifs is 3. The number of carbonyl (C=O) groups is 1. The molecular weight excluding hydrogens is 188 g/mol. The number of hydrogen-bond donors (Lipinski definition) is 1. The van der Waals surface area contributed by atoms with Gasteiger partial charge in [-0.05, 0) is 56.3 Å². The van der Waals surface area contributed by atoms with Crippen molar-refractivity contribution >= 4 is 5.97 Å². The third-order valence-electron chi connectivity index (χ3n) is 4.70. The summed E-state index contributed by atoms with van der Waals surface area (Å²) < 4.78 is 0. The van der Waals surface area contributed by atoms with E-state index in [9.17, 15) is 9.90 Å². The Morgan fingerprint density at radius 2 is 1.60 bits per heavy atom. The van der Waals surface area contributed by atoms with Crippen LogP contribution in [0.4, 0.5) is 0 Å². The lowest BCUT2D eigenvalue weighted by atomic mass is 9.52. The highest BCUT2D eigenvalue weighted by atomic mass is 16.4. The zero-order chi connectivity index (χ0) is 11.1. The SMILES string of the molecule is CC(C)CC12CCC(C(=O)O)(CC1)CC2. The third kappa shape index (κ3) is 1.79. The van der Waals surface area contributed by atoms with Gasteiger partial charge < -0.3 is 5.11 Å². The second kappa shape index (κ2) is 3.50. The molecule has 15 heavy (non-hydrogen) atoms. The molecule has 0 heterocycles. The summed E-state index contributed by atoms with van der Waals surface area (Å²) >= 11 is 0. The van der Waals surface area contributed by atoms with E-state index in [1.54, 1.807) is 0 Å². The van der Waals surface area contributed by atoms with Crippen LogP contribution in [-0.4, -0.2) is 11.1 Å². The van der Waals surface area contributed by atoms with Crippen molar-refractivity contribution in [3.8, 4) is 0 Å². The molecule has 0 aromatic rings. The Labute approximate surface area is 92.1 Å². The lowest BCUT2D eigenvalue weighted by Gasteiger charge is -2.52. The summed E-state index contributed by atoms with van der Waals surface area (Å²) in [6.07, 6.45) is 7.52. The van der Waals surface area contributed by atoms with Gasteiger partial charge in [-0.3, -0.25) is 4.79 Å². The summed E-state index contributed by atoms with van der Waals surface area (Å²) in [5.41, 5.74) is 0.171. The van der Waals surface area contributed by atoms with Gasteiger partial charge in [0.2, 0.25) is 0 Å². The molecule has 0 aromatic heterocycles. The minimum atomic E-state index is -0.541. The van der Waals surface area contributed by atoms with Gasteiger partial charge in [0, 0.05) is 0 Å². The van der Waals surface area contributed by atoms with Crippen molar-refractivity contribution in [2.45, 2.75) is 58.8 Å². The molecule has 3 rings (SSSR count). The average Bonchev–Trinajstić information content (AvgIpc) is 2.18. The molecule has 0 unspecified atom stereocenters. The van der Waals surface area contributed by atoms with Crippen molar-refractivity contribution in [3.05, 3.63) is 0 Å². The molecule has 2 nitrogen and oxygen atoms in total. The Bertz CT molecular complexity index is 243. The number of carboxylic acids is 1. The van der Waals surface area contributed by atoms with E-state index in [-0.39, 0.29) is 5.41 Å². The van der Waals surface area contributed by atoms with Crippen LogP contribution in [-0.2, 0) is 4.79 Å². The Balaban J connectivity index is 2.07. The van der Waals surface area contributed by atoms with Crippen molar-refractivity contribution in [1.29, 1.82) is 0 Å². The maximum absolute atomic E-state index is 11.3. The van der Waals surface area contributed by atoms with E-state index in [0.717, 1.165) is 44.4 Å². The molecule has 1 N–H and O–H groups in total. The van der Waals surface area contributed by atoms with E-state index in [0.29, 0.717) is 5.41 Å². The minimum absolute atomic E-state index is 0.335. The Kier molecular flexibility index (Phi) is 2.56. The highest BCUT2D eigenvalue weighted by molar-refractivity contribution is 5.75. The first kappa shape index (κ1) is 11.0. The zero-order valence-corrected chi connectivity index (χ0v) is 9.88. The van der Waals surface area contributed by atoms with Crippen molar-refractivity contribution < 1.29 is 9.90 Å². The van der Waals surface area contributed by atoms with E-state index >= 15 is 0 Å². The molecule has 2 heteroatoms. The van der Waals surface area contributed by atoms with Gasteiger partial charge in [-0.25, -0.2) is 0 Å². The number of rotatable bonds is 3. The van der Waals surface area contributed by atoms with Crippen molar-refractivity contribution in [1.82, 2.24) is 0 Å². The lowest BCUT2D eigenvalue weighted by molar-refractivity contribution is -0.159. The van der Waals surface area contributed by atoms with Crippen LogP contribution in [0.25, 0.3) is 0 Å². The quantitative estimate of drug-likeness (QED) is 0.774. The summed E-state index contributed by atoms with van der Waals surface area (Å²) in [7, 11) is 0. The van der Waals surface area contributed by atoms with Gasteiger partial charge in [-0.2, -0.15) is 0 Å². The number of aliphatic carboxylic acids is 1. The summed E-state index contributed by atoms with van der Waals surface area (Å²) in [4.78, 5) is 11.3. The molecule has 0 aromatic carbocycles. The molecule has 3 aliphatic carbocycles. The average molecular weight is 210 g/mol. The summed E-state index contributed by atoms with van der Waals surface area (Å²) in [6.45, 7) is 4.56. The number of carboxylic acid groups (broad SMARTS) is 1. The Hall–Kier alpha value is -0.530. The maximum atomic E-state index is 11.3. The smallest absolute Gasteiger partial charge is 0.309 e. The molecule has 3 fully saturated rings. The van der Waals surface area contributed by atoms with Crippen molar-refractivity contribution in [2.75, 3.05) is 0 Å². The van der Waals surface area contributed by atoms with Gasteiger partial charge in [0.05, 0.1) is 5.41 Å². The van der Waals surface area contributed by atoms with Crippen molar-refractivity contribution in [2.24, 2.45) is 16.7 Å². The van der Waals surface area contributed by atoms with E-state index in [1.807, 2.05) is 0 Å². The topological polar surface area (TPSA) is 37.3 Å². The monoisotopic (exact) mass is 210 g/mol. The molecule has 86 valence electrons. The molecule has 0 radical (unpaired) electrons. The molecule has 2 bridgehead atoms. The molecule has 3 saturated carbocycles. The van der Waals surface area contributed by atoms with E-state index < -0.39 is 5.97 Å². The number of hydrogen-bond acceptors (Lipinski definition) is 1. The van der Waals surface area contributed by atoms with Crippen LogP contribution in [0.15, 0.2) is 0 Å². The fourth-order valence-electron chi connectivity index (χ4n) is 3.76. The summed E-state index contributed by atoms with van der Waals surface area (Å²) in [5, 5.41) is 9.28. The lowest BCUT2D eigenvalue weighted by Crippen LogP contribution is -2.46. The molecule has 3 aliphatic rings. The third-order valence-corrected chi connectivity index (χ3v) is 4.70. The van der Waals surface area contributed by atoms with Gasteiger partial charge in [0.1, 0.15) is 0 Å². The van der Waals surface area contributed by atoms with Gasteiger partial charge in [0.15, 0.2) is 0 Å². The predicted molar refractivity (Wildman–Crippen MR) is 59.7 cm³/mol. The largest absolute Gasteiger partial charge is 0.481 e. The van der Waals surface area contributed by atoms with E-state index in [2.05, 4.69) is 13.8 Å². The standard InChI is InChI=1S/C13H22O2/c1-10(2)9-12-3-6-13(7-4-12,8-5-12)11(14)15/h10H,3-9H2,1-2H3,(H,14,15). The summed E-state index contributed by atoms with van der Waals surface area (Å²) in [6, 6.07) is 0. The highest BCUT2D eigenvalue weighted by Gasteiger charge is 2.52. The first-order chi connectivity index (χ1) is 6.98. The first-order valence-electron chi connectivity index (χ1n) is 6.22. The van der Waals surface area contributed by atoms with Gasteiger partial charge in [0.25, 0.3) is 0 Å². The van der Waals surface area contributed by atoms with Crippen LogP contribution in [0.2, 0.25) is 0 Å². The normalized spacial score (nSPS) is 39.7. The van der Waals surface area contributed by atoms with Crippen LogP contribution in [0.5, 0.6) is 0 Å². The van der Waals surface area contributed by atoms with Gasteiger partial charge >= 0.3 is 5.97 Å². The first-order valence-corrected chi connectivity index (χ1v) is 6.22. The second-order valence-corrected chi connectivity index (χ2v) is 6.18.